The van der Waals surface area contributed by atoms with E-state index >= 15 is 0 Å². The van der Waals surface area contributed by atoms with Crippen LogP contribution in [0.15, 0.2) is 218 Å². The van der Waals surface area contributed by atoms with Crippen molar-refractivity contribution in [1.29, 1.82) is 0 Å². The van der Waals surface area contributed by atoms with Crippen molar-refractivity contribution in [1.82, 2.24) is 9.97 Å². The smallest absolute Gasteiger partial charge is 0.160 e. The van der Waals surface area contributed by atoms with E-state index in [1.54, 1.807) is 0 Å². The lowest BCUT2D eigenvalue weighted by Crippen LogP contribution is -2.28. The largest absolute Gasteiger partial charge is 0.228 e. The van der Waals surface area contributed by atoms with Crippen LogP contribution in [-0.4, -0.2) is 9.97 Å². The highest BCUT2D eigenvalue weighted by molar-refractivity contribution is 6.05. The lowest BCUT2D eigenvalue weighted by atomic mass is 9.67. The first-order chi connectivity index (χ1) is 30.5. The summed E-state index contributed by atoms with van der Waals surface area (Å²) in [6, 6.07) is 79.6. The first-order valence-corrected chi connectivity index (χ1v) is 21.6. The fourth-order valence-electron chi connectivity index (χ4n) is 10.8. The van der Waals surface area contributed by atoms with Crippen molar-refractivity contribution in [2.75, 3.05) is 0 Å². The molecule has 0 bridgehead atoms. The van der Waals surface area contributed by atoms with Gasteiger partial charge in [0.15, 0.2) is 5.82 Å². The van der Waals surface area contributed by atoms with Crippen LogP contribution in [0.3, 0.4) is 0 Å². The van der Waals surface area contributed by atoms with E-state index < -0.39 is 5.41 Å². The van der Waals surface area contributed by atoms with Crippen LogP contribution in [0.1, 0.15) is 47.2 Å². The number of hydrogen-bond donors (Lipinski definition) is 0. The Bertz CT molecular complexity index is 3330. The van der Waals surface area contributed by atoms with Gasteiger partial charge in [-0.05, 0) is 89.7 Å². The number of fused-ring (bicyclic) bond motifs is 7. The van der Waals surface area contributed by atoms with Crippen LogP contribution in [0.5, 0.6) is 0 Å². The molecule has 2 aliphatic carbocycles. The highest BCUT2D eigenvalue weighted by atomic mass is 14.9. The second kappa shape index (κ2) is 13.9. The van der Waals surface area contributed by atoms with Crippen LogP contribution in [-0.2, 0) is 10.8 Å². The average molecular weight is 791 g/mol. The van der Waals surface area contributed by atoms with E-state index in [1.807, 2.05) is 6.07 Å². The zero-order valence-electron chi connectivity index (χ0n) is 34.7. The van der Waals surface area contributed by atoms with E-state index in [1.165, 1.54) is 72.1 Å². The maximum Gasteiger partial charge on any atom is 0.160 e. The molecule has 10 aromatic rings. The first kappa shape index (κ1) is 36.2. The predicted molar refractivity (Wildman–Crippen MR) is 256 cm³/mol. The van der Waals surface area contributed by atoms with Crippen molar-refractivity contribution >= 4 is 10.8 Å². The number of aromatic nitrogens is 2. The predicted octanol–water partition coefficient (Wildman–Crippen LogP) is 15.0. The van der Waals surface area contributed by atoms with Crippen LogP contribution >= 0.6 is 0 Å². The molecule has 0 aliphatic heterocycles. The summed E-state index contributed by atoms with van der Waals surface area (Å²) >= 11 is 0. The Morgan fingerprint density at radius 2 is 0.823 bits per heavy atom. The van der Waals surface area contributed by atoms with Crippen LogP contribution in [0.4, 0.5) is 0 Å². The molecular weight excluding hydrogens is 749 g/mol. The van der Waals surface area contributed by atoms with Gasteiger partial charge in [-0.15, -0.1) is 0 Å². The zero-order chi connectivity index (χ0) is 41.4. The van der Waals surface area contributed by atoms with Gasteiger partial charge in [0.25, 0.3) is 0 Å². The SMILES string of the molecule is CC1(C)c2ccccc2-c2ccc(-c3ccc(-c4cc(-c5cccc6c5-c5ccccc5C6(c5ccccc5)c5ccccc5)nc(-c5ccccc5)n4)c4ccccc34)cc21. The van der Waals surface area contributed by atoms with Gasteiger partial charge in [0.05, 0.1) is 16.8 Å². The molecule has 0 unspecified atom stereocenters. The highest BCUT2D eigenvalue weighted by Gasteiger charge is 2.47. The summed E-state index contributed by atoms with van der Waals surface area (Å²) in [6.07, 6.45) is 0. The van der Waals surface area contributed by atoms with Gasteiger partial charge in [-0.3, -0.25) is 0 Å². The minimum atomic E-state index is -0.510. The quantitative estimate of drug-likeness (QED) is 0.168. The molecule has 0 spiro atoms. The molecule has 0 radical (unpaired) electrons. The molecule has 2 heteroatoms. The molecule has 0 fully saturated rings. The van der Waals surface area contributed by atoms with Crippen molar-refractivity contribution in [3.8, 4) is 67.3 Å². The molecular formula is C60H42N2. The number of benzene rings is 9. The van der Waals surface area contributed by atoms with Crippen LogP contribution < -0.4 is 0 Å². The van der Waals surface area contributed by atoms with E-state index in [2.05, 4.69) is 226 Å². The zero-order valence-corrected chi connectivity index (χ0v) is 34.7. The van der Waals surface area contributed by atoms with Gasteiger partial charge >= 0.3 is 0 Å². The molecule has 292 valence electrons. The minimum absolute atomic E-state index is 0.0805. The molecule has 0 amide bonds. The number of hydrogen-bond acceptors (Lipinski definition) is 2. The van der Waals surface area contributed by atoms with Crippen molar-refractivity contribution < 1.29 is 0 Å². The Morgan fingerprint density at radius 1 is 0.323 bits per heavy atom. The topological polar surface area (TPSA) is 25.8 Å². The lowest BCUT2D eigenvalue weighted by Gasteiger charge is -2.33. The van der Waals surface area contributed by atoms with Crippen molar-refractivity contribution in [2.45, 2.75) is 24.7 Å². The van der Waals surface area contributed by atoms with Crippen molar-refractivity contribution in [3.63, 3.8) is 0 Å². The van der Waals surface area contributed by atoms with Crippen LogP contribution in [0.25, 0.3) is 78.1 Å². The Hall–Kier alpha value is -7.68. The Labute approximate surface area is 362 Å². The lowest BCUT2D eigenvalue weighted by molar-refractivity contribution is 0.660. The first-order valence-electron chi connectivity index (χ1n) is 21.6. The molecule has 2 nitrogen and oxygen atoms in total. The van der Waals surface area contributed by atoms with E-state index in [0.717, 1.165) is 33.5 Å². The van der Waals surface area contributed by atoms with Crippen molar-refractivity contribution in [2.24, 2.45) is 0 Å². The molecule has 1 aromatic heterocycles. The summed E-state index contributed by atoms with van der Waals surface area (Å²) in [5.41, 5.74) is 19.7. The maximum atomic E-state index is 5.44. The van der Waals surface area contributed by atoms with Gasteiger partial charge in [-0.25, -0.2) is 9.97 Å². The van der Waals surface area contributed by atoms with E-state index in [4.69, 9.17) is 9.97 Å². The van der Waals surface area contributed by atoms with Gasteiger partial charge in [0, 0.05) is 22.1 Å². The Morgan fingerprint density at radius 3 is 1.53 bits per heavy atom. The summed E-state index contributed by atoms with van der Waals surface area (Å²) in [5.74, 6) is 0.702. The fourth-order valence-corrected chi connectivity index (χ4v) is 10.8. The average Bonchev–Trinajstić information content (AvgIpc) is 3.77. The summed E-state index contributed by atoms with van der Waals surface area (Å²) in [6.45, 7) is 4.70. The molecule has 0 saturated carbocycles. The van der Waals surface area contributed by atoms with E-state index in [9.17, 15) is 0 Å². The Balaban J connectivity index is 1.07. The normalized spacial score (nSPS) is 13.9. The highest BCUT2D eigenvalue weighted by Crippen LogP contribution is 2.58. The molecule has 9 aromatic carbocycles. The Kier molecular flexibility index (Phi) is 8.14. The molecule has 2 aliphatic rings. The second-order valence-corrected chi connectivity index (χ2v) is 17.2. The minimum Gasteiger partial charge on any atom is -0.228 e. The molecule has 0 saturated heterocycles. The third kappa shape index (κ3) is 5.29. The molecule has 12 rings (SSSR count). The third-order valence-electron chi connectivity index (χ3n) is 13.6. The number of rotatable bonds is 6. The number of nitrogens with zero attached hydrogens (tertiary/aromatic N) is 2. The van der Waals surface area contributed by atoms with Gasteiger partial charge in [-0.1, -0.05) is 220 Å². The van der Waals surface area contributed by atoms with Gasteiger partial charge in [0.2, 0.25) is 0 Å². The molecule has 62 heavy (non-hydrogen) atoms. The van der Waals surface area contributed by atoms with E-state index in [-0.39, 0.29) is 5.41 Å². The monoisotopic (exact) mass is 790 g/mol. The van der Waals surface area contributed by atoms with Crippen LogP contribution in [0, 0.1) is 0 Å². The molecule has 0 N–H and O–H groups in total. The van der Waals surface area contributed by atoms with Gasteiger partial charge < -0.3 is 0 Å². The summed E-state index contributed by atoms with van der Waals surface area (Å²) in [4.78, 5) is 10.8. The van der Waals surface area contributed by atoms with Crippen molar-refractivity contribution in [3.05, 3.63) is 252 Å². The molecule has 1 heterocycles. The molecule has 0 atom stereocenters. The standard InChI is InChI=1S/C60H42N2/c1-59(2)51-30-16-14-27-46(51)47-34-33-40(37-54(47)59)43-35-36-48(45-26-13-12-25-44(43)45)55-38-56(62-58(61-55)39-19-6-3-7-20-39)50-29-18-32-53-57(50)49-28-15-17-31-52(49)60(53,41-21-8-4-9-22-41)42-23-10-5-11-24-42/h3-38H,1-2H3. The summed E-state index contributed by atoms with van der Waals surface area (Å²) in [5, 5.41) is 2.36. The van der Waals surface area contributed by atoms with Gasteiger partial charge in [0.1, 0.15) is 0 Å². The summed E-state index contributed by atoms with van der Waals surface area (Å²) < 4.78 is 0. The third-order valence-corrected chi connectivity index (χ3v) is 13.6. The summed E-state index contributed by atoms with van der Waals surface area (Å²) in [7, 11) is 0. The van der Waals surface area contributed by atoms with E-state index in [0.29, 0.717) is 5.82 Å². The van der Waals surface area contributed by atoms with Crippen LogP contribution in [0.2, 0.25) is 0 Å². The fraction of sp³-hybridized carbons (Fsp3) is 0.0667. The maximum absolute atomic E-state index is 5.44. The second-order valence-electron chi connectivity index (χ2n) is 17.2. The van der Waals surface area contributed by atoms with Gasteiger partial charge in [-0.2, -0.15) is 0 Å².